The topological polar surface area (TPSA) is 107 Å². The highest BCUT2D eigenvalue weighted by molar-refractivity contribution is 14.1. The van der Waals surface area contributed by atoms with Crippen LogP contribution in [0.1, 0.15) is 53.4 Å². The number of carbonyl (C=O) groups excluding carboxylic acids is 3. The van der Waals surface area contributed by atoms with E-state index in [1.807, 2.05) is 0 Å². The van der Waals surface area contributed by atoms with Crippen LogP contribution < -0.4 is 9.47 Å². The Morgan fingerprint density at radius 1 is 0.824 bits per heavy atom. The molecule has 0 N–H and O–H groups in total. The third kappa shape index (κ3) is 8.94. The maximum Gasteiger partial charge on any atom is 0.303 e. The smallest absolute Gasteiger partial charge is 0.303 e. The molecule has 0 unspecified atom stereocenters. The number of carbonyl (C=O) groups is 3. The third-order valence-corrected chi connectivity index (χ3v) is 5.86. The van der Waals surface area contributed by atoms with Crippen molar-refractivity contribution in [3.8, 4) is 11.5 Å². The van der Waals surface area contributed by atoms with Crippen LogP contribution in [0.25, 0.3) is 0 Å². The molecule has 1 aromatic carbocycles. The van der Waals surface area contributed by atoms with E-state index in [0.717, 1.165) is 12.8 Å². The lowest BCUT2D eigenvalue weighted by Gasteiger charge is -2.43. The summed E-state index contributed by atoms with van der Waals surface area (Å²) in [4.78, 5) is 35.3. The summed E-state index contributed by atoms with van der Waals surface area (Å²) in [7, 11) is 0. The zero-order valence-corrected chi connectivity index (χ0v) is 22.1. The Morgan fingerprint density at radius 3 is 1.94 bits per heavy atom. The molecule has 0 spiro atoms. The number of unbranched alkanes of at least 4 members (excludes halogenated alkanes) is 3. The molecule has 1 aliphatic rings. The highest BCUT2D eigenvalue weighted by Gasteiger charge is 2.52. The average molecular weight is 592 g/mol. The second-order valence-corrected chi connectivity index (χ2v) is 8.80. The summed E-state index contributed by atoms with van der Waals surface area (Å²) in [6.45, 7) is 6.49. The lowest BCUT2D eigenvalue weighted by molar-refractivity contribution is -0.279. The van der Waals surface area contributed by atoms with Gasteiger partial charge >= 0.3 is 17.9 Å². The van der Waals surface area contributed by atoms with E-state index in [1.165, 1.54) is 33.6 Å². The molecule has 1 saturated heterocycles. The molecular weight excluding hydrogens is 559 g/mol. The molecule has 1 aromatic rings. The zero-order valence-electron chi connectivity index (χ0n) is 20.0. The van der Waals surface area contributed by atoms with Gasteiger partial charge in [-0.05, 0) is 30.7 Å². The number of hydrogen-bond acceptors (Lipinski definition) is 9. The largest absolute Gasteiger partial charge is 0.494 e. The van der Waals surface area contributed by atoms with Gasteiger partial charge in [0.25, 0.3) is 0 Å². The van der Waals surface area contributed by atoms with Crippen molar-refractivity contribution in [3.05, 3.63) is 24.3 Å². The van der Waals surface area contributed by atoms with Gasteiger partial charge in [-0.15, -0.1) is 0 Å². The minimum absolute atomic E-state index is 0.408. The van der Waals surface area contributed by atoms with Gasteiger partial charge in [-0.3, -0.25) is 14.4 Å². The second-order valence-electron chi connectivity index (χ2n) is 7.92. The van der Waals surface area contributed by atoms with Crippen molar-refractivity contribution in [3.63, 3.8) is 0 Å². The molecule has 0 radical (unpaired) electrons. The zero-order chi connectivity index (χ0) is 25.1. The van der Waals surface area contributed by atoms with E-state index in [2.05, 4.69) is 29.5 Å². The van der Waals surface area contributed by atoms with Crippen molar-refractivity contribution >= 4 is 40.5 Å². The lowest BCUT2D eigenvalue weighted by Crippen LogP contribution is -2.63. The standard InChI is InChI=1S/C24H33IO9/c1-5-6-7-8-13-29-18-9-11-19(12-10-18)33-24-23(32-17(4)28)22(31-16(3)27)21(30-15(2)26)20(14-25)34-24/h9-12,20-24H,5-8,13-14H2,1-4H3/t20-,21+,22-,23-,24-/m1/s1. The first-order valence-corrected chi connectivity index (χ1v) is 12.9. The first-order chi connectivity index (χ1) is 16.2. The maximum absolute atomic E-state index is 11.8. The Kier molecular flexibility index (Phi) is 11.9. The van der Waals surface area contributed by atoms with Gasteiger partial charge in [-0.25, -0.2) is 0 Å². The second kappa shape index (κ2) is 14.3. The molecule has 0 amide bonds. The van der Waals surface area contributed by atoms with E-state index in [9.17, 15) is 14.4 Å². The predicted octanol–water partition coefficient (Wildman–Crippen LogP) is 3.98. The minimum Gasteiger partial charge on any atom is -0.494 e. The summed E-state index contributed by atoms with van der Waals surface area (Å²) in [5.41, 5.74) is 0. The molecule has 190 valence electrons. The van der Waals surface area contributed by atoms with E-state index >= 15 is 0 Å². The first-order valence-electron chi connectivity index (χ1n) is 11.4. The Hall–Kier alpha value is -2.08. The number of benzene rings is 1. The van der Waals surface area contributed by atoms with Crippen LogP contribution in [0.2, 0.25) is 0 Å². The molecule has 9 nitrogen and oxygen atoms in total. The van der Waals surface area contributed by atoms with E-state index in [1.54, 1.807) is 24.3 Å². The Morgan fingerprint density at radius 2 is 1.38 bits per heavy atom. The van der Waals surface area contributed by atoms with Gasteiger partial charge in [0.15, 0.2) is 12.2 Å². The molecule has 5 atom stereocenters. The highest BCUT2D eigenvalue weighted by atomic mass is 127. The Labute approximate surface area is 213 Å². The molecule has 0 bridgehead atoms. The predicted molar refractivity (Wildman–Crippen MR) is 131 cm³/mol. The highest BCUT2D eigenvalue weighted by Crippen LogP contribution is 2.32. The van der Waals surface area contributed by atoms with Gasteiger partial charge in [0.2, 0.25) is 12.4 Å². The van der Waals surface area contributed by atoms with E-state index in [-0.39, 0.29) is 0 Å². The van der Waals surface area contributed by atoms with Crippen LogP contribution in [0, 0.1) is 0 Å². The quantitative estimate of drug-likeness (QED) is 0.117. The van der Waals surface area contributed by atoms with Crippen LogP contribution in [0.3, 0.4) is 0 Å². The van der Waals surface area contributed by atoms with Crippen LogP contribution in [0.5, 0.6) is 11.5 Å². The lowest BCUT2D eigenvalue weighted by atomic mass is 9.99. The third-order valence-electron chi connectivity index (χ3n) is 4.99. The van der Waals surface area contributed by atoms with Crippen molar-refractivity contribution in [2.45, 2.75) is 84.1 Å². The number of rotatable bonds is 12. The molecule has 0 aliphatic carbocycles. The number of halogens is 1. The fourth-order valence-electron chi connectivity index (χ4n) is 3.54. The van der Waals surface area contributed by atoms with Crippen LogP contribution >= 0.6 is 22.6 Å². The number of hydrogen-bond donors (Lipinski definition) is 0. The molecule has 0 saturated carbocycles. The van der Waals surface area contributed by atoms with Crippen molar-refractivity contribution in [2.75, 3.05) is 11.0 Å². The Balaban J connectivity index is 2.18. The first kappa shape index (κ1) is 28.2. The number of ether oxygens (including phenoxy) is 6. The summed E-state index contributed by atoms with van der Waals surface area (Å²) in [6.07, 6.45) is -0.500. The van der Waals surface area contributed by atoms with Gasteiger partial charge in [0.05, 0.1) is 6.61 Å². The SMILES string of the molecule is CCCCCCOc1ccc(O[C@@H]2O[C@H](CI)[C@H](OC(C)=O)[C@@H](OC(C)=O)[C@H]2OC(C)=O)cc1. The van der Waals surface area contributed by atoms with Crippen molar-refractivity contribution < 1.29 is 42.8 Å². The molecule has 1 fully saturated rings. The van der Waals surface area contributed by atoms with Crippen molar-refractivity contribution in [1.82, 2.24) is 0 Å². The van der Waals surface area contributed by atoms with E-state index in [4.69, 9.17) is 28.4 Å². The summed E-state index contributed by atoms with van der Waals surface area (Å²) in [5, 5.41) is 0. The van der Waals surface area contributed by atoms with Crippen molar-refractivity contribution in [1.29, 1.82) is 0 Å². The summed E-state index contributed by atoms with van der Waals surface area (Å²) >= 11 is 2.07. The molecule has 2 rings (SSSR count). The fraction of sp³-hybridized carbons (Fsp3) is 0.625. The van der Waals surface area contributed by atoms with Crippen LogP contribution in [-0.4, -0.2) is 59.6 Å². The fourth-order valence-corrected chi connectivity index (χ4v) is 4.25. The molecule has 10 heteroatoms. The van der Waals surface area contributed by atoms with Gasteiger partial charge in [-0.2, -0.15) is 0 Å². The normalized spacial score (nSPS) is 24.1. The van der Waals surface area contributed by atoms with Crippen LogP contribution in [0.15, 0.2) is 24.3 Å². The Bertz CT molecular complexity index is 798. The van der Waals surface area contributed by atoms with Gasteiger partial charge in [0, 0.05) is 25.2 Å². The number of esters is 3. The van der Waals surface area contributed by atoms with Gasteiger partial charge in [0.1, 0.15) is 17.6 Å². The molecule has 1 heterocycles. The summed E-state index contributed by atoms with van der Waals surface area (Å²) in [5.74, 6) is -0.664. The van der Waals surface area contributed by atoms with Crippen LogP contribution in [0.4, 0.5) is 0 Å². The molecular formula is C24H33IO9. The monoisotopic (exact) mass is 592 g/mol. The summed E-state index contributed by atoms with van der Waals surface area (Å²) in [6, 6.07) is 6.99. The van der Waals surface area contributed by atoms with Gasteiger partial charge in [-0.1, -0.05) is 48.8 Å². The average Bonchev–Trinajstić information content (AvgIpc) is 2.77. The molecule has 1 aliphatic heterocycles. The maximum atomic E-state index is 11.8. The molecule has 0 aromatic heterocycles. The number of alkyl halides is 1. The van der Waals surface area contributed by atoms with Gasteiger partial charge < -0.3 is 28.4 Å². The molecule has 34 heavy (non-hydrogen) atoms. The minimum atomic E-state index is -1.15. The van der Waals surface area contributed by atoms with E-state index in [0.29, 0.717) is 22.5 Å². The van der Waals surface area contributed by atoms with Crippen LogP contribution in [-0.2, 0) is 33.3 Å². The van der Waals surface area contributed by atoms with E-state index < -0.39 is 48.6 Å². The summed E-state index contributed by atoms with van der Waals surface area (Å²) < 4.78 is 34.4. The van der Waals surface area contributed by atoms with Crippen molar-refractivity contribution in [2.24, 2.45) is 0 Å².